The number of methoxy groups -OCH3 is 1. The van der Waals surface area contributed by atoms with E-state index in [-0.39, 0.29) is 24.0 Å². The average molecular weight is 466 g/mol. The lowest BCUT2D eigenvalue weighted by atomic mass is 10.1. The molecule has 4 aromatic rings. The number of halogens is 1. The quantitative estimate of drug-likeness (QED) is 0.401. The molecule has 0 atom stereocenters. The molecule has 2 aromatic heterocycles. The maximum atomic E-state index is 14.0. The molecule has 8 nitrogen and oxygen atoms in total. The van der Waals surface area contributed by atoms with Crippen LogP contribution in [0.25, 0.3) is 11.3 Å². The smallest absolute Gasteiger partial charge is 0.257 e. The monoisotopic (exact) mass is 465 g/mol. The van der Waals surface area contributed by atoms with Crippen LogP contribution < -0.4 is 15.4 Å². The summed E-state index contributed by atoms with van der Waals surface area (Å²) in [7, 11) is 1.40. The number of imidazole rings is 1. The summed E-state index contributed by atoms with van der Waals surface area (Å²) in [5.41, 5.74) is 2.00. The zero-order valence-corrected chi connectivity index (χ0v) is 18.4. The largest absolute Gasteiger partial charge is 0.494 e. The van der Waals surface area contributed by atoms with Gasteiger partial charge < -0.3 is 14.6 Å². The van der Waals surface area contributed by atoms with Gasteiger partial charge in [-0.15, -0.1) is 11.3 Å². The Balaban J connectivity index is 1.38. The van der Waals surface area contributed by atoms with Gasteiger partial charge in [0, 0.05) is 47.6 Å². The number of aromatic nitrogens is 3. The van der Waals surface area contributed by atoms with E-state index in [1.165, 1.54) is 30.6 Å². The Labute approximate surface area is 193 Å². The fourth-order valence-corrected chi connectivity index (χ4v) is 3.78. The Kier molecular flexibility index (Phi) is 6.75. The van der Waals surface area contributed by atoms with Crippen molar-refractivity contribution in [1.29, 1.82) is 0 Å². The lowest BCUT2D eigenvalue weighted by molar-refractivity contribution is -0.116. The number of aryl methyl sites for hydroxylation is 1. The predicted molar refractivity (Wildman–Crippen MR) is 124 cm³/mol. The maximum Gasteiger partial charge on any atom is 0.257 e. The molecule has 0 spiro atoms. The molecule has 0 bridgehead atoms. The number of carbonyl (C=O) groups excluding carboxylic acids is 2. The van der Waals surface area contributed by atoms with Crippen molar-refractivity contribution in [2.45, 2.75) is 13.0 Å². The molecule has 4 rings (SSSR count). The van der Waals surface area contributed by atoms with E-state index in [0.29, 0.717) is 34.2 Å². The van der Waals surface area contributed by atoms with Gasteiger partial charge >= 0.3 is 0 Å². The van der Waals surface area contributed by atoms with E-state index in [9.17, 15) is 14.0 Å². The van der Waals surface area contributed by atoms with Crippen molar-refractivity contribution in [3.63, 3.8) is 0 Å². The predicted octanol–water partition coefficient (Wildman–Crippen LogP) is 4.44. The normalized spacial score (nSPS) is 10.6. The van der Waals surface area contributed by atoms with Gasteiger partial charge in [-0.25, -0.2) is 14.4 Å². The average Bonchev–Trinajstić information content (AvgIpc) is 3.50. The van der Waals surface area contributed by atoms with Crippen molar-refractivity contribution in [2.24, 2.45) is 0 Å². The second-order valence-corrected chi connectivity index (χ2v) is 7.88. The molecule has 0 aliphatic carbocycles. The van der Waals surface area contributed by atoms with Gasteiger partial charge in [-0.05, 0) is 36.4 Å². The second kappa shape index (κ2) is 10.0. The third-order valence-corrected chi connectivity index (χ3v) is 5.49. The molecular formula is C23H20FN5O3S. The molecule has 0 aliphatic heterocycles. The first-order valence-corrected chi connectivity index (χ1v) is 10.9. The van der Waals surface area contributed by atoms with E-state index in [2.05, 4.69) is 20.6 Å². The zero-order chi connectivity index (χ0) is 23.2. The molecule has 2 aromatic carbocycles. The van der Waals surface area contributed by atoms with Crippen LogP contribution >= 0.6 is 11.3 Å². The second-order valence-electron chi connectivity index (χ2n) is 7.02. The summed E-state index contributed by atoms with van der Waals surface area (Å²) in [5.74, 6) is -0.877. The van der Waals surface area contributed by atoms with Crippen molar-refractivity contribution in [3.05, 3.63) is 77.9 Å². The van der Waals surface area contributed by atoms with Gasteiger partial charge in [0.1, 0.15) is 0 Å². The van der Waals surface area contributed by atoms with E-state index < -0.39 is 5.82 Å². The number of hydrogen-bond donors (Lipinski definition) is 2. The highest BCUT2D eigenvalue weighted by Crippen LogP contribution is 2.28. The van der Waals surface area contributed by atoms with Gasteiger partial charge in [0.25, 0.3) is 5.91 Å². The number of ether oxygens (including phenoxy) is 1. The van der Waals surface area contributed by atoms with Crippen molar-refractivity contribution in [2.75, 3.05) is 17.7 Å². The number of rotatable bonds is 8. The first-order chi connectivity index (χ1) is 16.0. The van der Waals surface area contributed by atoms with E-state index >= 15 is 0 Å². The SMILES string of the molecule is COc1ccc(-c2csc(NC(=O)c3cccc(NC(=O)CCn4ccnc4)c3)n2)cc1F. The highest BCUT2D eigenvalue weighted by molar-refractivity contribution is 7.14. The number of anilines is 2. The van der Waals surface area contributed by atoms with Crippen LogP contribution in [-0.2, 0) is 11.3 Å². The van der Waals surface area contributed by atoms with E-state index in [1.54, 1.807) is 54.4 Å². The first-order valence-electron chi connectivity index (χ1n) is 9.98. The minimum atomic E-state index is -0.488. The van der Waals surface area contributed by atoms with Gasteiger partial charge in [0.05, 0.1) is 19.1 Å². The Morgan fingerprint density at radius 3 is 2.82 bits per heavy atom. The first kappa shape index (κ1) is 22.2. The van der Waals surface area contributed by atoms with Crippen molar-refractivity contribution < 1.29 is 18.7 Å². The number of hydrogen-bond acceptors (Lipinski definition) is 6. The summed E-state index contributed by atoms with van der Waals surface area (Å²) < 4.78 is 20.7. The topological polar surface area (TPSA) is 98.1 Å². The number of nitrogens with one attached hydrogen (secondary N) is 2. The van der Waals surface area contributed by atoms with Crippen LogP contribution in [0.1, 0.15) is 16.8 Å². The number of nitrogens with zero attached hydrogens (tertiary/aromatic N) is 3. The molecule has 33 heavy (non-hydrogen) atoms. The Morgan fingerprint density at radius 1 is 1.18 bits per heavy atom. The van der Waals surface area contributed by atoms with Crippen molar-refractivity contribution in [3.8, 4) is 17.0 Å². The molecule has 0 unspecified atom stereocenters. The Morgan fingerprint density at radius 2 is 2.06 bits per heavy atom. The Hall–Kier alpha value is -4.05. The molecule has 0 aliphatic rings. The summed E-state index contributed by atoms with van der Waals surface area (Å²) in [4.78, 5) is 33.2. The molecular weight excluding hydrogens is 445 g/mol. The lowest BCUT2D eigenvalue weighted by Crippen LogP contribution is -2.15. The van der Waals surface area contributed by atoms with Gasteiger partial charge in [-0.3, -0.25) is 14.9 Å². The van der Waals surface area contributed by atoms with Crippen molar-refractivity contribution in [1.82, 2.24) is 14.5 Å². The van der Waals surface area contributed by atoms with Crippen LogP contribution in [0.5, 0.6) is 5.75 Å². The summed E-state index contributed by atoms with van der Waals surface area (Å²) in [5, 5.41) is 7.63. The van der Waals surface area contributed by atoms with Crippen LogP contribution in [0.3, 0.4) is 0 Å². The van der Waals surface area contributed by atoms with Gasteiger partial charge in [-0.1, -0.05) is 6.07 Å². The standard InChI is InChI=1S/C23H20FN5O3S/c1-32-20-6-5-15(12-18(20)24)19-13-33-23(27-19)28-22(31)16-3-2-4-17(11-16)26-21(30)7-9-29-10-8-25-14-29/h2-6,8,10-14H,7,9H2,1H3,(H,26,30)(H,27,28,31). The number of benzene rings is 2. The van der Waals surface area contributed by atoms with Crippen molar-refractivity contribution >= 4 is 34.0 Å². The third kappa shape index (κ3) is 5.60. The molecule has 0 saturated carbocycles. The molecule has 10 heteroatoms. The molecule has 168 valence electrons. The molecule has 2 amide bonds. The maximum absolute atomic E-state index is 14.0. The number of thiazole rings is 1. The van der Waals surface area contributed by atoms with Crippen LogP contribution in [0.4, 0.5) is 15.2 Å². The Bertz CT molecular complexity index is 1270. The minimum absolute atomic E-state index is 0.149. The summed E-state index contributed by atoms with van der Waals surface area (Å²) >= 11 is 1.23. The van der Waals surface area contributed by atoms with Crippen LogP contribution in [-0.4, -0.2) is 33.5 Å². The van der Waals surface area contributed by atoms with E-state index in [0.717, 1.165) is 0 Å². The highest BCUT2D eigenvalue weighted by Gasteiger charge is 2.13. The molecule has 0 radical (unpaired) electrons. The number of amides is 2. The molecule has 2 N–H and O–H groups in total. The fraction of sp³-hybridized carbons (Fsp3) is 0.130. The van der Waals surface area contributed by atoms with E-state index in [4.69, 9.17) is 4.74 Å². The highest BCUT2D eigenvalue weighted by atomic mass is 32.1. The molecule has 0 saturated heterocycles. The molecule has 0 fully saturated rings. The summed E-state index contributed by atoms with van der Waals surface area (Å²) in [6.07, 6.45) is 5.36. The third-order valence-electron chi connectivity index (χ3n) is 4.74. The van der Waals surface area contributed by atoms with Gasteiger partial charge in [0.2, 0.25) is 5.91 Å². The molecule has 2 heterocycles. The lowest BCUT2D eigenvalue weighted by Gasteiger charge is -2.08. The summed E-state index contributed by atoms with van der Waals surface area (Å²) in [6.45, 7) is 0.510. The van der Waals surface area contributed by atoms with Gasteiger partial charge in [0.15, 0.2) is 16.7 Å². The van der Waals surface area contributed by atoms with Crippen LogP contribution in [0.15, 0.2) is 66.6 Å². The van der Waals surface area contributed by atoms with E-state index in [1.807, 2.05) is 4.57 Å². The summed E-state index contributed by atoms with van der Waals surface area (Å²) in [6, 6.07) is 11.2. The van der Waals surface area contributed by atoms with Crippen LogP contribution in [0.2, 0.25) is 0 Å². The number of carbonyl (C=O) groups is 2. The van der Waals surface area contributed by atoms with Crippen LogP contribution in [0, 0.1) is 5.82 Å². The fourth-order valence-electron chi connectivity index (χ4n) is 3.07. The van der Waals surface area contributed by atoms with Gasteiger partial charge in [-0.2, -0.15) is 0 Å². The minimum Gasteiger partial charge on any atom is -0.494 e. The zero-order valence-electron chi connectivity index (χ0n) is 17.6.